The van der Waals surface area contributed by atoms with E-state index in [1.54, 1.807) is 0 Å². The van der Waals surface area contributed by atoms with E-state index in [9.17, 15) is 0 Å². The van der Waals surface area contributed by atoms with E-state index in [2.05, 4.69) is 24.0 Å². The summed E-state index contributed by atoms with van der Waals surface area (Å²) in [5, 5.41) is 2.25. The number of furan rings is 1. The van der Waals surface area contributed by atoms with E-state index in [1.807, 2.05) is 30.3 Å². The Morgan fingerprint density at radius 3 is 2.72 bits per heavy atom. The van der Waals surface area contributed by atoms with Gasteiger partial charge in [-0.05, 0) is 12.1 Å². The molecule has 0 saturated carbocycles. The summed E-state index contributed by atoms with van der Waals surface area (Å²) in [5.41, 5.74) is 2.69. The molecule has 0 saturated heterocycles. The van der Waals surface area contributed by atoms with Crippen molar-refractivity contribution in [3.63, 3.8) is 0 Å². The van der Waals surface area contributed by atoms with Crippen LogP contribution in [-0.4, -0.2) is 5.88 Å². The van der Waals surface area contributed by atoms with Gasteiger partial charge in [-0.1, -0.05) is 42.2 Å². The molecule has 0 atom stereocenters. The highest BCUT2D eigenvalue weighted by molar-refractivity contribution is 6.18. The fraction of sp³-hybridized carbons (Fsp3) is 0.125. The van der Waals surface area contributed by atoms with Crippen molar-refractivity contribution in [3.05, 3.63) is 48.0 Å². The molecule has 0 spiro atoms. The van der Waals surface area contributed by atoms with Gasteiger partial charge in [-0.25, -0.2) is 0 Å². The minimum absolute atomic E-state index is 0.559. The Hall–Kier alpha value is -1.91. The molecule has 1 aromatic heterocycles. The fourth-order valence-electron chi connectivity index (χ4n) is 2.05. The zero-order chi connectivity index (χ0) is 12.4. The zero-order valence-corrected chi connectivity index (χ0v) is 10.5. The highest BCUT2D eigenvalue weighted by Crippen LogP contribution is 2.30. The van der Waals surface area contributed by atoms with Gasteiger partial charge in [0.15, 0.2) is 5.58 Å². The Kier molecular flexibility index (Phi) is 2.96. The predicted octanol–water partition coefficient (Wildman–Crippen LogP) is 4.57. The van der Waals surface area contributed by atoms with Crippen molar-refractivity contribution >= 4 is 33.5 Å². The van der Waals surface area contributed by atoms with Crippen LogP contribution in [0.2, 0.25) is 0 Å². The third-order valence-electron chi connectivity index (χ3n) is 2.85. The normalized spacial score (nSPS) is 10.5. The lowest BCUT2D eigenvalue weighted by molar-refractivity contribution is 0.668. The molecule has 0 bridgehead atoms. The maximum Gasteiger partial charge on any atom is 0.151 e. The minimum atomic E-state index is 0.559. The first-order valence-corrected chi connectivity index (χ1v) is 6.38. The molecule has 0 fully saturated rings. The zero-order valence-electron chi connectivity index (χ0n) is 9.74. The molecule has 1 nitrogen and oxygen atoms in total. The molecule has 2 heteroatoms. The molecular formula is C16H11ClO. The third kappa shape index (κ3) is 1.85. The average molecular weight is 255 g/mol. The molecule has 0 aliphatic heterocycles. The fourth-order valence-corrected chi connectivity index (χ4v) is 2.15. The van der Waals surface area contributed by atoms with Crippen molar-refractivity contribution in [1.82, 2.24) is 0 Å². The Morgan fingerprint density at radius 2 is 1.83 bits per heavy atom. The van der Waals surface area contributed by atoms with Crippen molar-refractivity contribution < 1.29 is 4.42 Å². The van der Waals surface area contributed by atoms with Gasteiger partial charge in [0.1, 0.15) is 5.58 Å². The highest BCUT2D eigenvalue weighted by Gasteiger charge is 2.08. The predicted molar refractivity (Wildman–Crippen MR) is 75.9 cm³/mol. The number of fused-ring (bicyclic) bond motifs is 3. The second-order valence-electron chi connectivity index (χ2n) is 4.02. The lowest BCUT2D eigenvalue weighted by atomic mass is 10.1. The summed E-state index contributed by atoms with van der Waals surface area (Å²) in [6, 6.07) is 14.1. The van der Waals surface area contributed by atoms with Crippen LogP contribution in [0, 0.1) is 11.8 Å². The Bertz CT molecular complexity index is 759. The van der Waals surface area contributed by atoms with Gasteiger partial charge in [0, 0.05) is 23.1 Å². The van der Waals surface area contributed by atoms with Gasteiger partial charge in [0.2, 0.25) is 0 Å². The van der Waals surface area contributed by atoms with Gasteiger partial charge in [-0.2, -0.15) is 0 Å². The molecular weight excluding hydrogens is 244 g/mol. The van der Waals surface area contributed by atoms with Crippen LogP contribution in [0.3, 0.4) is 0 Å². The monoisotopic (exact) mass is 254 g/mol. The largest absolute Gasteiger partial charge is 0.455 e. The SMILES string of the molecule is ClCCC#Cc1cccc2c1oc1ccccc12. The number of halogens is 1. The van der Waals surface area contributed by atoms with Crippen LogP contribution in [0.1, 0.15) is 12.0 Å². The Morgan fingerprint density at radius 1 is 1.00 bits per heavy atom. The molecule has 0 radical (unpaired) electrons. The van der Waals surface area contributed by atoms with Crippen molar-refractivity contribution in [2.75, 3.05) is 5.88 Å². The topological polar surface area (TPSA) is 13.1 Å². The van der Waals surface area contributed by atoms with E-state index < -0.39 is 0 Å². The van der Waals surface area contributed by atoms with Gasteiger partial charge in [-0.3, -0.25) is 0 Å². The average Bonchev–Trinajstić information content (AvgIpc) is 2.79. The first-order valence-electron chi connectivity index (χ1n) is 5.85. The minimum Gasteiger partial charge on any atom is -0.455 e. The van der Waals surface area contributed by atoms with Crippen LogP contribution < -0.4 is 0 Å². The van der Waals surface area contributed by atoms with Crippen LogP contribution in [0.4, 0.5) is 0 Å². The summed E-state index contributed by atoms with van der Waals surface area (Å²) in [7, 11) is 0. The van der Waals surface area contributed by atoms with Crippen LogP contribution >= 0.6 is 11.6 Å². The third-order valence-corrected chi connectivity index (χ3v) is 3.04. The van der Waals surface area contributed by atoms with Crippen molar-refractivity contribution in [1.29, 1.82) is 0 Å². The Balaban J connectivity index is 2.25. The number of rotatable bonds is 1. The summed E-state index contributed by atoms with van der Waals surface area (Å²) in [6.45, 7) is 0. The summed E-state index contributed by atoms with van der Waals surface area (Å²) >= 11 is 5.62. The van der Waals surface area contributed by atoms with Crippen molar-refractivity contribution in [2.45, 2.75) is 6.42 Å². The second-order valence-corrected chi connectivity index (χ2v) is 4.40. The lowest BCUT2D eigenvalue weighted by Gasteiger charge is -1.92. The van der Waals surface area contributed by atoms with Crippen LogP contribution in [0.15, 0.2) is 46.9 Å². The second kappa shape index (κ2) is 4.76. The van der Waals surface area contributed by atoms with E-state index >= 15 is 0 Å². The molecule has 18 heavy (non-hydrogen) atoms. The van der Waals surface area contributed by atoms with E-state index in [-0.39, 0.29) is 0 Å². The van der Waals surface area contributed by atoms with Crippen molar-refractivity contribution in [2.24, 2.45) is 0 Å². The Labute approximate surface area is 110 Å². The maximum atomic E-state index is 5.88. The van der Waals surface area contributed by atoms with Crippen LogP contribution in [0.5, 0.6) is 0 Å². The molecule has 2 aromatic carbocycles. The standard InChI is InChI=1S/C16H11ClO/c17-11-4-3-6-12-7-5-9-14-13-8-1-2-10-15(13)18-16(12)14/h1-2,5,7-10H,4,11H2. The van der Waals surface area contributed by atoms with Gasteiger partial charge in [0.05, 0.1) is 5.56 Å². The number of hydrogen-bond donors (Lipinski definition) is 0. The highest BCUT2D eigenvalue weighted by atomic mass is 35.5. The van der Waals surface area contributed by atoms with Crippen LogP contribution in [0.25, 0.3) is 21.9 Å². The van der Waals surface area contributed by atoms with Gasteiger partial charge in [-0.15, -0.1) is 11.6 Å². The number of benzene rings is 2. The number of hydrogen-bond acceptors (Lipinski definition) is 1. The van der Waals surface area contributed by atoms with Gasteiger partial charge < -0.3 is 4.42 Å². The molecule has 0 amide bonds. The summed E-state index contributed by atoms with van der Waals surface area (Å²) < 4.78 is 5.88. The summed E-state index contributed by atoms with van der Waals surface area (Å²) in [5.74, 6) is 6.73. The maximum absolute atomic E-state index is 5.88. The molecule has 0 aliphatic carbocycles. The molecule has 0 aliphatic rings. The number of para-hydroxylation sites is 2. The van der Waals surface area contributed by atoms with E-state index in [1.165, 1.54) is 0 Å². The lowest BCUT2D eigenvalue weighted by Crippen LogP contribution is -1.76. The van der Waals surface area contributed by atoms with Gasteiger partial charge in [0.25, 0.3) is 0 Å². The first-order chi connectivity index (χ1) is 8.90. The molecule has 3 rings (SSSR count). The molecule has 0 unspecified atom stereocenters. The first kappa shape index (κ1) is 11.2. The van der Waals surface area contributed by atoms with Crippen LogP contribution in [-0.2, 0) is 0 Å². The molecule has 1 heterocycles. The van der Waals surface area contributed by atoms with E-state index in [4.69, 9.17) is 16.0 Å². The quantitative estimate of drug-likeness (QED) is 0.458. The van der Waals surface area contributed by atoms with E-state index in [0.29, 0.717) is 12.3 Å². The molecule has 88 valence electrons. The number of alkyl halides is 1. The summed E-state index contributed by atoms with van der Waals surface area (Å²) in [4.78, 5) is 0. The smallest absolute Gasteiger partial charge is 0.151 e. The summed E-state index contributed by atoms with van der Waals surface area (Å²) in [6.07, 6.45) is 0.693. The molecule has 3 aromatic rings. The molecule has 0 N–H and O–H groups in total. The van der Waals surface area contributed by atoms with Gasteiger partial charge >= 0.3 is 0 Å². The van der Waals surface area contributed by atoms with E-state index in [0.717, 1.165) is 27.5 Å². The van der Waals surface area contributed by atoms with Crippen molar-refractivity contribution in [3.8, 4) is 11.8 Å².